The van der Waals surface area contributed by atoms with Gasteiger partial charge in [-0.05, 0) is 6.04 Å². The highest BCUT2D eigenvalue weighted by Gasteiger charge is 2.17. The second-order valence-corrected chi connectivity index (χ2v) is 8.51. The van der Waals surface area contributed by atoms with Crippen LogP contribution in [0.3, 0.4) is 0 Å². The Morgan fingerprint density at radius 2 is 1.83 bits per heavy atom. The van der Waals surface area contributed by atoms with Crippen LogP contribution in [0.25, 0.3) is 0 Å². The van der Waals surface area contributed by atoms with Gasteiger partial charge in [-0.1, -0.05) is 62.0 Å². The van der Waals surface area contributed by atoms with Crippen LogP contribution in [0.5, 0.6) is 0 Å². The number of hydrogen-bond donors (Lipinski definition) is 0. The summed E-state index contributed by atoms with van der Waals surface area (Å²) in [4.78, 5) is 0. The molecule has 1 heteroatoms. The van der Waals surface area contributed by atoms with Crippen molar-refractivity contribution in [1.29, 1.82) is 0 Å². The van der Waals surface area contributed by atoms with Crippen molar-refractivity contribution in [3.8, 4) is 0 Å². The van der Waals surface area contributed by atoms with E-state index in [1.807, 2.05) is 0 Å². The Morgan fingerprint density at radius 1 is 1.25 bits per heavy atom. The Bertz CT molecular complexity index is 226. The fourth-order valence-electron chi connectivity index (χ4n) is 1.21. The minimum atomic E-state index is -1.17. The predicted octanol–water partition coefficient (Wildman–Crippen LogP) is 3.24. The van der Waals surface area contributed by atoms with Gasteiger partial charge in [0.25, 0.3) is 0 Å². The van der Waals surface area contributed by atoms with Crippen LogP contribution in [0, 0.1) is 6.55 Å². The second kappa shape index (κ2) is 3.90. The van der Waals surface area contributed by atoms with Crippen molar-refractivity contribution in [1.82, 2.24) is 0 Å². The zero-order valence-electron chi connectivity index (χ0n) is 8.01. The molecule has 0 fully saturated rings. The Hall–Kier alpha value is -0.563. The van der Waals surface area contributed by atoms with E-state index in [4.69, 9.17) is 0 Å². The molecule has 1 rings (SSSR count). The third-order valence-electron chi connectivity index (χ3n) is 2.33. The lowest BCUT2D eigenvalue weighted by molar-refractivity contribution is 1.25. The first-order valence-corrected chi connectivity index (χ1v) is 7.65. The Labute approximate surface area is 76.6 Å². The molecule has 65 valence electrons. The van der Waals surface area contributed by atoms with E-state index in [9.17, 15) is 0 Å². The van der Waals surface area contributed by atoms with Gasteiger partial charge < -0.3 is 0 Å². The molecule has 0 saturated carbocycles. The Balaban J connectivity index is 2.64. The van der Waals surface area contributed by atoms with Gasteiger partial charge in [0.15, 0.2) is 0 Å². The fourth-order valence-corrected chi connectivity index (χ4v) is 2.68. The average molecular weight is 177 g/mol. The molecule has 0 aliphatic heterocycles. The van der Waals surface area contributed by atoms with Crippen molar-refractivity contribution in [3.05, 3.63) is 42.4 Å². The highest BCUT2D eigenvalue weighted by molar-refractivity contribution is 6.79. The summed E-state index contributed by atoms with van der Waals surface area (Å²) in [7, 11) is -1.17. The van der Waals surface area contributed by atoms with Crippen LogP contribution in [0.4, 0.5) is 0 Å². The average Bonchev–Trinajstić information content (AvgIpc) is 2.06. The fraction of sp³-hybridized carbons (Fsp3) is 0.364. The smallest absolute Gasteiger partial charge is 0.0543 e. The third kappa shape index (κ3) is 2.82. The van der Waals surface area contributed by atoms with Gasteiger partial charge in [0, 0.05) is 0 Å². The Kier molecular flexibility index (Phi) is 3.10. The summed E-state index contributed by atoms with van der Waals surface area (Å²) in [5.41, 5.74) is 1.45. The number of rotatable bonds is 3. The Morgan fingerprint density at radius 3 is 2.33 bits per heavy atom. The summed E-state index contributed by atoms with van der Waals surface area (Å²) >= 11 is 0. The van der Waals surface area contributed by atoms with Crippen LogP contribution in [0.15, 0.2) is 30.3 Å². The maximum absolute atomic E-state index is 4.32. The normalized spacial score (nSPS) is 11.6. The van der Waals surface area contributed by atoms with Gasteiger partial charge in [0.05, 0.1) is 8.07 Å². The molecule has 1 radical (unpaired) electrons. The van der Waals surface area contributed by atoms with E-state index in [1.165, 1.54) is 17.7 Å². The van der Waals surface area contributed by atoms with Crippen molar-refractivity contribution in [2.75, 3.05) is 0 Å². The summed E-state index contributed by atoms with van der Waals surface area (Å²) in [6.45, 7) is 8.92. The largest absolute Gasteiger partial charge is 0.0689 e. The first-order valence-electron chi connectivity index (χ1n) is 4.53. The lowest BCUT2D eigenvalue weighted by Crippen LogP contribution is -2.28. The first kappa shape index (κ1) is 9.52. The molecule has 0 nitrogen and oxygen atoms in total. The molecule has 0 bridgehead atoms. The van der Waals surface area contributed by atoms with E-state index in [0.29, 0.717) is 0 Å². The highest BCUT2D eigenvalue weighted by Crippen LogP contribution is 2.14. The maximum atomic E-state index is 4.32. The molecule has 0 amide bonds. The van der Waals surface area contributed by atoms with Crippen molar-refractivity contribution in [3.63, 3.8) is 0 Å². The molecule has 1 atom stereocenters. The summed E-state index contributed by atoms with van der Waals surface area (Å²) in [6, 6.07) is 13.2. The molecule has 0 aliphatic carbocycles. The summed E-state index contributed by atoms with van der Waals surface area (Å²) in [6.07, 6.45) is 0. The van der Waals surface area contributed by atoms with Gasteiger partial charge in [-0.15, -0.1) is 0 Å². The summed E-state index contributed by atoms with van der Waals surface area (Å²) in [5, 5.41) is 0. The molecule has 12 heavy (non-hydrogen) atoms. The molecule has 1 aromatic carbocycles. The molecule has 0 spiro atoms. The van der Waals surface area contributed by atoms with E-state index in [0.717, 1.165) is 0 Å². The molecule has 0 saturated heterocycles. The van der Waals surface area contributed by atoms with Crippen LogP contribution in [-0.2, 0) is 6.04 Å². The second-order valence-electron chi connectivity index (χ2n) is 3.83. The third-order valence-corrected chi connectivity index (χ3v) is 5.30. The predicted molar refractivity (Wildman–Crippen MR) is 57.6 cm³/mol. The van der Waals surface area contributed by atoms with E-state index >= 15 is 0 Å². The quantitative estimate of drug-likeness (QED) is 0.622. The first-order chi connectivity index (χ1) is 5.64. The van der Waals surface area contributed by atoms with Gasteiger partial charge in [0.2, 0.25) is 0 Å². The molecular formula is C11H17Si. The van der Waals surface area contributed by atoms with Crippen molar-refractivity contribution < 1.29 is 0 Å². The van der Waals surface area contributed by atoms with Crippen LogP contribution in [0.2, 0.25) is 12.6 Å². The van der Waals surface area contributed by atoms with Gasteiger partial charge in [-0.3, -0.25) is 0 Å². The van der Waals surface area contributed by atoms with Crippen LogP contribution in [0.1, 0.15) is 12.5 Å². The van der Waals surface area contributed by atoms with E-state index in [2.05, 4.69) is 50.3 Å². The summed E-state index contributed by atoms with van der Waals surface area (Å²) < 4.78 is 0. The van der Waals surface area contributed by atoms with E-state index < -0.39 is 8.07 Å². The lowest BCUT2D eigenvalue weighted by atomic mass is 10.2. The minimum absolute atomic E-state index is 1.17. The standard InChI is InChI=1S/C11H17Si/c1-4-12(2,3)10-11-8-6-5-7-9-11/h5-9H,2,4,10H2,1,3H3. The lowest BCUT2D eigenvalue weighted by Gasteiger charge is -2.19. The van der Waals surface area contributed by atoms with Crippen molar-refractivity contribution in [2.45, 2.75) is 25.6 Å². The monoisotopic (exact) mass is 177 g/mol. The van der Waals surface area contributed by atoms with Crippen LogP contribution < -0.4 is 0 Å². The van der Waals surface area contributed by atoms with Gasteiger partial charge in [-0.2, -0.15) is 0 Å². The minimum Gasteiger partial charge on any atom is -0.0689 e. The van der Waals surface area contributed by atoms with Gasteiger partial charge >= 0.3 is 0 Å². The SMILES string of the molecule is [CH2][Si](C)(CC)Cc1ccccc1. The van der Waals surface area contributed by atoms with Gasteiger partial charge in [-0.25, -0.2) is 0 Å². The summed E-state index contributed by atoms with van der Waals surface area (Å²) in [5.74, 6) is 0. The molecule has 1 aromatic rings. The van der Waals surface area contributed by atoms with Crippen LogP contribution in [-0.4, -0.2) is 8.07 Å². The molecular weight excluding hydrogens is 160 g/mol. The van der Waals surface area contributed by atoms with Crippen LogP contribution >= 0.6 is 0 Å². The van der Waals surface area contributed by atoms with E-state index in [-0.39, 0.29) is 0 Å². The van der Waals surface area contributed by atoms with Crippen molar-refractivity contribution >= 4 is 8.07 Å². The maximum Gasteiger partial charge on any atom is 0.0543 e. The van der Waals surface area contributed by atoms with Gasteiger partial charge in [0.1, 0.15) is 0 Å². The molecule has 1 unspecified atom stereocenters. The molecule has 0 aromatic heterocycles. The van der Waals surface area contributed by atoms with E-state index in [1.54, 1.807) is 0 Å². The number of hydrogen-bond acceptors (Lipinski definition) is 0. The molecule has 0 heterocycles. The molecule has 0 N–H and O–H groups in total. The number of benzene rings is 1. The molecule has 0 aliphatic rings. The zero-order valence-corrected chi connectivity index (χ0v) is 9.01. The highest BCUT2D eigenvalue weighted by atomic mass is 28.3. The van der Waals surface area contributed by atoms with Crippen molar-refractivity contribution in [2.24, 2.45) is 0 Å². The zero-order chi connectivity index (χ0) is 9.03. The topological polar surface area (TPSA) is 0 Å².